The summed E-state index contributed by atoms with van der Waals surface area (Å²) in [6.07, 6.45) is 2.56. The van der Waals surface area contributed by atoms with Gasteiger partial charge < -0.3 is 14.8 Å². The van der Waals surface area contributed by atoms with Gasteiger partial charge in [-0.15, -0.1) is 0 Å². The van der Waals surface area contributed by atoms with E-state index in [4.69, 9.17) is 9.47 Å². The number of anilines is 1. The number of hydrogen-bond acceptors (Lipinski definition) is 4. The van der Waals surface area contributed by atoms with Gasteiger partial charge in [-0.1, -0.05) is 12.1 Å². The smallest absolute Gasteiger partial charge is 0.189 e. The molecule has 0 saturated carbocycles. The normalized spacial score (nSPS) is 14.7. The first-order chi connectivity index (χ1) is 11.2. The maximum atomic E-state index is 12.6. The van der Waals surface area contributed by atoms with Crippen molar-refractivity contribution < 1.29 is 14.3 Å². The lowest BCUT2D eigenvalue weighted by Gasteiger charge is -2.08. The topological polar surface area (TPSA) is 47.6 Å². The van der Waals surface area contributed by atoms with Crippen molar-refractivity contribution in [3.63, 3.8) is 0 Å². The Kier molecular flexibility index (Phi) is 4.06. The fourth-order valence-corrected chi connectivity index (χ4v) is 2.80. The SMILES string of the molecule is CNc1ccc(/C=C2\Cc3cc(OC)c(OC)cc3C2=O)cc1. The highest BCUT2D eigenvalue weighted by Gasteiger charge is 2.27. The van der Waals surface area contributed by atoms with E-state index in [0.717, 1.165) is 22.4 Å². The van der Waals surface area contributed by atoms with Crippen molar-refractivity contribution in [2.75, 3.05) is 26.6 Å². The summed E-state index contributed by atoms with van der Waals surface area (Å²) >= 11 is 0. The molecule has 0 heterocycles. The fourth-order valence-electron chi connectivity index (χ4n) is 2.80. The molecule has 4 nitrogen and oxygen atoms in total. The van der Waals surface area contributed by atoms with Crippen molar-refractivity contribution in [2.45, 2.75) is 6.42 Å². The van der Waals surface area contributed by atoms with Gasteiger partial charge in [0, 0.05) is 30.3 Å². The van der Waals surface area contributed by atoms with E-state index < -0.39 is 0 Å². The van der Waals surface area contributed by atoms with Crippen molar-refractivity contribution >= 4 is 17.5 Å². The van der Waals surface area contributed by atoms with Crippen LogP contribution in [0.5, 0.6) is 11.5 Å². The molecule has 3 rings (SSSR count). The third-order valence-electron chi connectivity index (χ3n) is 4.07. The van der Waals surface area contributed by atoms with Gasteiger partial charge in [-0.25, -0.2) is 0 Å². The van der Waals surface area contributed by atoms with Crippen LogP contribution in [0.2, 0.25) is 0 Å². The Morgan fingerprint density at radius 3 is 2.30 bits per heavy atom. The fraction of sp³-hybridized carbons (Fsp3) is 0.211. The van der Waals surface area contributed by atoms with Gasteiger partial charge in [0.2, 0.25) is 0 Å². The number of fused-ring (bicyclic) bond motifs is 1. The summed E-state index contributed by atoms with van der Waals surface area (Å²) in [5, 5.41) is 3.08. The van der Waals surface area contributed by atoms with Crippen LogP contribution in [0.3, 0.4) is 0 Å². The highest BCUT2D eigenvalue weighted by molar-refractivity contribution is 6.15. The summed E-state index contributed by atoms with van der Waals surface area (Å²) in [5.74, 6) is 1.29. The average Bonchev–Trinajstić information content (AvgIpc) is 2.89. The molecule has 0 amide bonds. The highest BCUT2D eigenvalue weighted by atomic mass is 16.5. The number of ether oxygens (including phenoxy) is 2. The molecule has 4 heteroatoms. The van der Waals surface area contributed by atoms with Crippen LogP contribution in [0.25, 0.3) is 6.08 Å². The Morgan fingerprint density at radius 1 is 1.04 bits per heavy atom. The molecule has 1 aliphatic carbocycles. The van der Waals surface area contributed by atoms with Crippen LogP contribution < -0.4 is 14.8 Å². The molecule has 1 aliphatic rings. The van der Waals surface area contributed by atoms with E-state index >= 15 is 0 Å². The van der Waals surface area contributed by atoms with Gasteiger partial charge in [0.25, 0.3) is 0 Å². The molecule has 2 aromatic carbocycles. The summed E-state index contributed by atoms with van der Waals surface area (Å²) in [7, 11) is 5.05. The van der Waals surface area contributed by atoms with Gasteiger partial charge in [0.05, 0.1) is 14.2 Å². The number of nitrogens with one attached hydrogen (secondary N) is 1. The molecule has 118 valence electrons. The van der Waals surface area contributed by atoms with Crippen LogP contribution in [0.15, 0.2) is 42.0 Å². The monoisotopic (exact) mass is 309 g/mol. The van der Waals surface area contributed by atoms with Crippen LogP contribution in [-0.2, 0) is 6.42 Å². The van der Waals surface area contributed by atoms with E-state index in [9.17, 15) is 4.79 Å². The van der Waals surface area contributed by atoms with Crippen molar-refractivity contribution in [3.8, 4) is 11.5 Å². The molecule has 0 bridgehead atoms. The first-order valence-corrected chi connectivity index (χ1v) is 7.44. The van der Waals surface area contributed by atoms with E-state index in [2.05, 4.69) is 5.32 Å². The quantitative estimate of drug-likeness (QED) is 0.877. The number of rotatable bonds is 4. The zero-order valence-corrected chi connectivity index (χ0v) is 13.5. The van der Waals surface area contributed by atoms with Crippen molar-refractivity contribution in [1.82, 2.24) is 0 Å². The Balaban J connectivity index is 1.94. The maximum absolute atomic E-state index is 12.6. The lowest BCUT2D eigenvalue weighted by Crippen LogP contribution is -1.97. The van der Waals surface area contributed by atoms with E-state index in [1.165, 1.54) is 0 Å². The standard InChI is InChI=1S/C19H19NO3/c1-20-15-6-4-12(5-7-15)8-14-9-13-10-17(22-2)18(23-3)11-16(13)19(14)21/h4-8,10-11,20H,9H2,1-3H3/b14-8+. The predicted molar refractivity (Wildman–Crippen MR) is 91.5 cm³/mol. The number of Topliss-reactive ketones (excluding diaryl/α,β-unsaturated/α-hetero) is 1. The third kappa shape index (κ3) is 2.80. The van der Waals surface area contributed by atoms with Crippen LogP contribution in [0.4, 0.5) is 5.69 Å². The number of carbonyl (C=O) groups is 1. The Morgan fingerprint density at radius 2 is 1.70 bits per heavy atom. The van der Waals surface area contributed by atoms with Gasteiger partial charge in [-0.2, -0.15) is 0 Å². The highest BCUT2D eigenvalue weighted by Crippen LogP contribution is 2.37. The molecular formula is C19H19NO3. The zero-order chi connectivity index (χ0) is 16.4. The van der Waals surface area contributed by atoms with Crippen molar-refractivity contribution in [2.24, 2.45) is 0 Å². The zero-order valence-electron chi connectivity index (χ0n) is 13.5. The summed E-state index contributed by atoms with van der Waals surface area (Å²) in [5.41, 5.74) is 4.51. The largest absolute Gasteiger partial charge is 0.493 e. The minimum absolute atomic E-state index is 0.0543. The molecule has 0 spiro atoms. The maximum Gasteiger partial charge on any atom is 0.189 e. The summed E-state index contributed by atoms with van der Waals surface area (Å²) < 4.78 is 10.6. The predicted octanol–water partition coefficient (Wildman–Crippen LogP) is 3.57. The molecular weight excluding hydrogens is 290 g/mol. The van der Waals surface area contributed by atoms with Crippen molar-refractivity contribution in [3.05, 3.63) is 58.7 Å². The molecule has 2 aromatic rings. The first-order valence-electron chi connectivity index (χ1n) is 7.44. The first kappa shape index (κ1) is 15.2. The lowest BCUT2D eigenvalue weighted by molar-refractivity contribution is 0.104. The van der Waals surface area contributed by atoms with Gasteiger partial charge >= 0.3 is 0 Å². The second-order valence-corrected chi connectivity index (χ2v) is 5.41. The number of allylic oxidation sites excluding steroid dienone is 1. The van der Waals surface area contributed by atoms with E-state index in [1.54, 1.807) is 20.3 Å². The van der Waals surface area contributed by atoms with Crippen LogP contribution in [0.1, 0.15) is 21.5 Å². The average molecular weight is 309 g/mol. The molecule has 0 aliphatic heterocycles. The Bertz CT molecular complexity index is 776. The second kappa shape index (κ2) is 6.16. The van der Waals surface area contributed by atoms with Crippen molar-refractivity contribution in [1.29, 1.82) is 0 Å². The van der Waals surface area contributed by atoms with E-state index in [-0.39, 0.29) is 5.78 Å². The van der Waals surface area contributed by atoms with Gasteiger partial charge in [0.1, 0.15) is 0 Å². The van der Waals surface area contributed by atoms with E-state index in [0.29, 0.717) is 23.5 Å². The molecule has 0 saturated heterocycles. The summed E-state index contributed by atoms with van der Waals surface area (Å²) in [4.78, 5) is 12.6. The van der Waals surface area contributed by atoms with Crippen LogP contribution in [0, 0.1) is 0 Å². The molecule has 1 N–H and O–H groups in total. The van der Waals surface area contributed by atoms with Crippen LogP contribution >= 0.6 is 0 Å². The summed E-state index contributed by atoms with van der Waals surface area (Å²) in [6, 6.07) is 11.6. The molecule has 0 unspecified atom stereocenters. The molecule has 0 fully saturated rings. The number of benzene rings is 2. The van der Waals surface area contributed by atoms with Crippen LogP contribution in [-0.4, -0.2) is 27.1 Å². The van der Waals surface area contributed by atoms with Gasteiger partial charge in [-0.3, -0.25) is 4.79 Å². The molecule has 0 radical (unpaired) electrons. The van der Waals surface area contributed by atoms with Gasteiger partial charge in [-0.05, 0) is 41.5 Å². The lowest BCUT2D eigenvalue weighted by atomic mass is 10.1. The number of carbonyl (C=O) groups excluding carboxylic acids is 1. The number of hydrogen-bond donors (Lipinski definition) is 1. The molecule has 0 aromatic heterocycles. The number of methoxy groups -OCH3 is 2. The van der Waals surface area contributed by atoms with E-state index in [1.807, 2.05) is 43.5 Å². The van der Waals surface area contributed by atoms with Gasteiger partial charge in [0.15, 0.2) is 17.3 Å². The minimum atomic E-state index is 0.0543. The third-order valence-corrected chi connectivity index (χ3v) is 4.07. The minimum Gasteiger partial charge on any atom is -0.493 e. The Labute approximate surface area is 135 Å². The summed E-state index contributed by atoms with van der Waals surface area (Å²) in [6.45, 7) is 0. The second-order valence-electron chi connectivity index (χ2n) is 5.41. The molecule has 23 heavy (non-hydrogen) atoms. The Hall–Kier alpha value is -2.75. The molecule has 0 atom stereocenters. The number of ketones is 1.